The van der Waals surface area contributed by atoms with Crippen molar-refractivity contribution in [2.24, 2.45) is 23.2 Å². The SMILES string of the molecule is CC1(C)C2CN(C(=O)C(NC(=O)C(F)(F)F)C3CC3)C(C(=O)NC(C#N)c3cnn4cccc(Br)c34)C21. The number of fused-ring (bicyclic) bond motifs is 2. The monoisotopic (exact) mass is 580 g/mol. The molecule has 2 aromatic heterocycles. The first-order valence-corrected chi connectivity index (χ1v) is 12.7. The molecule has 1 saturated heterocycles. The second-order valence-corrected chi connectivity index (χ2v) is 11.3. The van der Waals surface area contributed by atoms with E-state index in [9.17, 15) is 32.8 Å². The highest BCUT2D eigenvalue weighted by Gasteiger charge is 2.70. The van der Waals surface area contributed by atoms with Gasteiger partial charge in [0.1, 0.15) is 18.1 Å². The highest BCUT2D eigenvalue weighted by molar-refractivity contribution is 9.10. The number of alkyl halides is 3. The molecular formula is C24H24BrF3N6O3. The first-order valence-electron chi connectivity index (χ1n) is 11.9. The number of nitrogens with zero attached hydrogens (tertiary/aromatic N) is 4. The van der Waals surface area contributed by atoms with E-state index < -0.39 is 47.9 Å². The predicted octanol–water partition coefficient (Wildman–Crippen LogP) is 2.72. The van der Waals surface area contributed by atoms with Gasteiger partial charge in [-0.3, -0.25) is 14.4 Å². The van der Waals surface area contributed by atoms with E-state index >= 15 is 0 Å². The van der Waals surface area contributed by atoms with Crippen molar-refractivity contribution >= 4 is 39.2 Å². The molecule has 5 unspecified atom stereocenters. The van der Waals surface area contributed by atoms with Gasteiger partial charge >= 0.3 is 12.1 Å². The van der Waals surface area contributed by atoms with Crippen molar-refractivity contribution in [3.8, 4) is 6.07 Å². The lowest BCUT2D eigenvalue weighted by atomic mass is 9.98. The number of aromatic nitrogens is 2. The summed E-state index contributed by atoms with van der Waals surface area (Å²) in [6.07, 6.45) is -0.926. The molecule has 2 aromatic rings. The summed E-state index contributed by atoms with van der Waals surface area (Å²) in [6.45, 7) is 4.13. The number of carbonyl (C=O) groups excluding carboxylic acids is 3. The van der Waals surface area contributed by atoms with Crippen LogP contribution in [-0.4, -0.2) is 57.0 Å². The lowest BCUT2D eigenvalue weighted by Gasteiger charge is -2.33. The van der Waals surface area contributed by atoms with Gasteiger partial charge in [0, 0.05) is 22.8 Å². The van der Waals surface area contributed by atoms with Gasteiger partial charge in [-0.15, -0.1) is 0 Å². The maximum atomic E-state index is 13.6. The number of carbonyl (C=O) groups is 3. The number of halogens is 4. The fourth-order valence-corrected chi connectivity index (χ4v) is 6.23. The minimum absolute atomic E-state index is 0.0166. The topological polar surface area (TPSA) is 120 Å². The van der Waals surface area contributed by atoms with Crippen LogP contribution < -0.4 is 10.6 Å². The van der Waals surface area contributed by atoms with Crippen LogP contribution in [0.2, 0.25) is 0 Å². The molecule has 0 radical (unpaired) electrons. The van der Waals surface area contributed by atoms with Crippen LogP contribution >= 0.6 is 15.9 Å². The van der Waals surface area contributed by atoms with Gasteiger partial charge in [0.25, 0.3) is 0 Å². The first kappa shape index (κ1) is 25.5. The number of likely N-dealkylation sites (tertiary alicyclic amines) is 1. The molecule has 0 aromatic carbocycles. The largest absolute Gasteiger partial charge is 0.471 e. The van der Waals surface area contributed by atoms with Crippen molar-refractivity contribution in [3.05, 3.63) is 34.6 Å². The summed E-state index contributed by atoms with van der Waals surface area (Å²) in [4.78, 5) is 40.0. The minimum atomic E-state index is -5.12. The van der Waals surface area contributed by atoms with Gasteiger partial charge in [0.05, 0.1) is 17.8 Å². The Balaban J connectivity index is 1.40. The third-order valence-corrected chi connectivity index (χ3v) is 8.55. The van der Waals surface area contributed by atoms with Gasteiger partial charge in [0.2, 0.25) is 11.8 Å². The molecule has 2 aliphatic carbocycles. The molecule has 5 rings (SSSR count). The number of hydrogen-bond acceptors (Lipinski definition) is 5. The summed E-state index contributed by atoms with van der Waals surface area (Å²) in [5.41, 5.74) is 0.805. The second-order valence-electron chi connectivity index (χ2n) is 10.5. The van der Waals surface area contributed by atoms with E-state index in [0.717, 1.165) is 0 Å². The number of hydrogen-bond donors (Lipinski definition) is 2. The van der Waals surface area contributed by atoms with Crippen LogP contribution in [0.1, 0.15) is 38.3 Å². The normalized spacial score (nSPS) is 25.6. The van der Waals surface area contributed by atoms with Crippen LogP contribution in [0.25, 0.3) is 5.52 Å². The Hall–Kier alpha value is -3.14. The third kappa shape index (κ3) is 4.35. The molecule has 5 atom stereocenters. The van der Waals surface area contributed by atoms with Crippen molar-refractivity contribution in [2.45, 2.75) is 51.0 Å². The van der Waals surface area contributed by atoms with Crippen molar-refractivity contribution in [2.75, 3.05) is 6.54 Å². The summed E-state index contributed by atoms with van der Waals surface area (Å²) in [5.74, 6) is -4.08. The summed E-state index contributed by atoms with van der Waals surface area (Å²) >= 11 is 3.44. The van der Waals surface area contributed by atoms with Gasteiger partial charge in [-0.1, -0.05) is 13.8 Å². The molecule has 3 heterocycles. The van der Waals surface area contributed by atoms with Gasteiger partial charge < -0.3 is 15.5 Å². The molecule has 0 spiro atoms. The Morgan fingerprint density at radius 2 is 1.97 bits per heavy atom. The number of pyridine rings is 1. The maximum Gasteiger partial charge on any atom is 0.471 e. The molecule has 2 N–H and O–H groups in total. The molecule has 1 aliphatic heterocycles. The van der Waals surface area contributed by atoms with Crippen molar-refractivity contribution < 1.29 is 27.6 Å². The Labute approximate surface area is 218 Å². The Bertz CT molecular complexity index is 1330. The van der Waals surface area contributed by atoms with Gasteiger partial charge in [-0.25, -0.2) is 4.52 Å². The van der Waals surface area contributed by atoms with E-state index in [0.29, 0.717) is 28.4 Å². The second kappa shape index (κ2) is 8.72. The Morgan fingerprint density at radius 3 is 2.59 bits per heavy atom. The van der Waals surface area contributed by atoms with Crippen LogP contribution in [0.5, 0.6) is 0 Å². The molecule has 37 heavy (non-hydrogen) atoms. The van der Waals surface area contributed by atoms with E-state index in [1.54, 1.807) is 22.8 Å². The van der Waals surface area contributed by atoms with E-state index in [2.05, 4.69) is 32.4 Å². The van der Waals surface area contributed by atoms with Crippen LogP contribution in [0, 0.1) is 34.5 Å². The van der Waals surface area contributed by atoms with Crippen molar-refractivity contribution in [1.82, 2.24) is 25.1 Å². The van der Waals surface area contributed by atoms with Crippen LogP contribution in [-0.2, 0) is 14.4 Å². The van der Waals surface area contributed by atoms with Gasteiger partial charge in [-0.05, 0) is 64.1 Å². The predicted molar refractivity (Wildman–Crippen MR) is 126 cm³/mol. The first-order chi connectivity index (χ1) is 17.4. The van der Waals surface area contributed by atoms with E-state index in [1.165, 1.54) is 11.1 Å². The molecule has 13 heteroatoms. The third-order valence-electron chi connectivity index (χ3n) is 7.91. The lowest BCUT2D eigenvalue weighted by molar-refractivity contribution is -0.175. The van der Waals surface area contributed by atoms with Crippen LogP contribution in [0.15, 0.2) is 29.0 Å². The smallest absolute Gasteiger partial charge is 0.336 e. The van der Waals surface area contributed by atoms with E-state index in [1.807, 2.05) is 19.2 Å². The van der Waals surface area contributed by atoms with Gasteiger partial charge in [-0.2, -0.15) is 23.5 Å². The standard InChI is InChI=1S/C24H24BrF3N6O3/c1-23(2)13-10-33(21(36)17(11-5-6-11)32-22(37)24(26,27)28)19(16(13)23)20(35)31-15(8-29)12-9-30-34-7-3-4-14(25)18(12)34/h3-4,7,9,11,13,15-17,19H,5-6,10H2,1-2H3,(H,31,35)(H,32,37). The van der Waals surface area contributed by atoms with E-state index in [4.69, 9.17) is 0 Å². The average Bonchev–Trinajstić information content (AvgIpc) is 3.61. The highest BCUT2D eigenvalue weighted by atomic mass is 79.9. The van der Waals surface area contributed by atoms with Crippen LogP contribution in [0.4, 0.5) is 13.2 Å². The molecule has 3 fully saturated rings. The zero-order valence-corrected chi connectivity index (χ0v) is 21.5. The highest BCUT2D eigenvalue weighted by Crippen LogP contribution is 2.65. The molecule has 3 amide bonds. The van der Waals surface area contributed by atoms with E-state index in [-0.39, 0.29) is 23.8 Å². The summed E-state index contributed by atoms with van der Waals surface area (Å²) in [7, 11) is 0. The van der Waals surface area contributed by atoms with Crippen molar-refractivity contribution in [3.63, 3.8) is 0 Å². The fraction of sp³-hybridized carbons (Fsp3) is 0.542. The summed E-state index contributed by atoms with van der Waals surface area (Å²) in [6, 6.07) is 2.21. The molecular weight excluding hydrogens is 557 g/mol. The number of nitriles is 1. The molecule has 2 saturated carbocycles. The van der Waals surface area contributed by atoms with Gasteiger partial charge in [0.15, 0.2) is 0 Å². The average molecular weight is 581 g/mol. The zero-order valence-electron chi connectivity index (χ0n) is 19.9. The zero-order chi connectivity index (χ0) is 26.9. The minimum Gasteiger partial charge on any atom is -0.336 e. The number of piperidine rings is 1. The molecule has 0 bridgehead atoms. The Morgan fingerprint density at radius 1 is 1.27 bits per heavy atom. The lowest BCUT2D eigenvalue weighted by Crippen LogP contribution is -2.58. The molecule has 9 nitrogen and oxygen atoms in total. The quantitative estimate of drug-likeness (QED) is 0.544. The Kier molecular flexibility index (Phi) is 6.01. The fourth-order valence-electron chi connectivity index (χ4n) is 5.67. The van der Waals surface area contributed by atoms with Crippen LogP contribution in [0.3, 0.4) is 0 Å². The summed E-state index contributed by atoms with van der Waals surface area (Å²) in [5, 5.41) is 18.7. The maximum absolute atomic E-state index is 13.6. The molecule has 196 valence electrons. The van der Waals surface area contributed by atoms with Crippen molar-refractivity contribution in [1.29, 1.82) is 5.26 Å². The summed E-state index contributed by atoms with van der Waals surface area (Å²) < 4.78 is 41.0. The number of nitrogens with one attached hydrogen (secondary N) is 2. The number of amides is 3. The molecule has 3 aliphatic rings. The number of rotatable bonds is 6.